The minimum atomic E-state index is -0.493. The second-order valence-electron chi connectivity index (χ2n) is 3.83. The molecule has 4 heteroatoms. The number of carbonyl (C=O) groups is 1. The maximum Gasteiger partial charge on any atom is 0.269 e. The number of nitrogens with zero attached hydrogens (tertiary/aromatic N) is 1. The third kappa shape index (κ3) is 3.06. The monoisotopic (exact) mass is 233 g/mol. The summed E-state index contributed by atoms with van der Waals surface area (Å²) in [6, 6.07) is 3.86. The number of fused-ring (bicyclic) bond motifs is 1. The van der Waals surface area contributed by atoms with E-state index in [0.717, 1.165) is 23.0 Å². The largest absolute Gasteiger partial charge is 0.364 e. The molecule has 2 aromatic heterocycles. The highest BCUT2D eigenvalue weighted by Gasteiger charge is 2.10. The molecule has 0 aliphatic heterocycles. The van der Waals surface area contributed by atoms with Crippen molar-refractivity contribution in [3.05, 3.63) is 29.7 Å². The van der Waals surface area contributed by atoms with Crippen LogP contribution in [0.15, 0.2) is 18.3 Å². The Morgan fingerprint density at radius 1 is 1.41 bits per heavy atom. The minimum Gasteiger partial charge on any atom is -0.364 e. The molecule has 2 rings (SSSR count). The van der Waals surface area contributed by atoms with Crippen LogP contribution in [0.5, 0.6) is 0 Å². The lowest BCUT2D eigenvalue weighted by Gasteiger charge is -2.01. The van der Waals surface area contributed by atoms with Gasteiger partial charge in [-0.1, -0.05) is 27.2 Å². The number of carbonyl (C=O) groups excluding carboxylic acids is 1. The molecule has 0 spiro atoms. The Hall–Kier alpha value is -1.84. The minimum absolute atomic E-state index is 0.323. The number of nitrogens with two attached hydrogens (primary N) is 1. The van der Waals surface area contributed by atoms with Gasteiger partial charge in [-0.2, -0.15) is 0 Å². The number of nitrogens with one attached hydrogen (secondary N) is 1. The molecular weight excluding hydrogens is 214 g/mol. The van der Waals surface area contributed by atoms with Gasteiger partial charge in [-0.05, 0) is 18.6 Å². The highest BCUT2D eigenvalue weighted by molar-refractivity contribution is 6.03. The van der Waals surface area contributed by atoms with Gasteiger partial charge < -0.3 is 10.7 Å². The van der Waals surface area contributed by atoms with Crippen LogP contribution < -0.4 is 5.73 Å². The normalized spacial score (nSPS) is 9.82. The molecule has 0 atom stereocenters. The van der Waals surface area contributed by atoms with Crippen molar-refractivity contribution in [2.45, 2.75) is 33.6 Å². The van der Waals surface area contributed by atoms with Gasteiger partial charge in [-0.25, -0.2) is 4.98 Å². The molecule has 4 nitrogen and oxygen atoms in total. The Morgan fingerprint density at radius 2 is 2.06 bits per heavy atom. The Labute approximate surface area is 101 Å². The second kappa shape index (κ2) is 6.03. The van der Waals surface area contributed by atoms with Gasteiger partial charge in [0.1, 0.15) is 0 Å². The van der Waals surface area contributed by atoms with Crippen molar-refractivity contribution in [1.29, 1.82) is 0 Å². The zero-order valence-corrected chi connectivity index (χ0v) is 10.6. The highest BCUT2D eigenvalue weighted by atomic mass is 16.1. The summed E-state index contributed by atoms with van der Waals surface area (Å²) in [5.41, 5.74) is 7.16. The van der Waals surface area contributed by atoms with Gasteiger partial charge in [0.15, 0.2) is 5.69 Å². The van der Waals surface area contributed by atoms with Crippen LogP contribution in [0.2, 0.25) is 0 Å². The van der Waals surface area contributed by atoms with Gasteiger partial charge in [0.25, 0.3) is 5.91 Å². The van der Waals surface area contributed by atoms with Crippen molar-refractivity contribution in [2.75, 3.05) is 0 Å². The Morgan fingerprint density at radius 3 is 2.59 bits per heavy atom. The number of aromatic nitrogens is 2. The van der Waals surface area contributed by atoms with Crippen LogP contribution in [0.1, 0.15) is 43.4 Å². The number of aryl methyl sites for hydroxylation is 1. The number of H-pyrrole nitrogens is 1. The van der Waals surface area contributed by atoms with Crippen molar-refractivity contribution >= 4 is 16.8 Å². The molecule has 0 unspecified atom stereocenters. The van der Waals surface area contributed by atoms with Crippen molar-refractivity contribution in [2.24, 2.45) is 5.73 Å². The molecule has 92 valence electrons. The van der Waals surface area contributed by atoms with Crippen LogP contribution in [0, 0.1) is 0 Å². The van der Waals surface area contributed by atoms with Gasteiger partial charge in [0, 0.05) is 17.3 Å². The first-order valence-corrected chi connectivity index (χ1v) is 5.90. The Bertz CT molecular complexity index is 502. The van der Waals surface area contributed by atoms with Crippen LogP contribution in [0.3, 0.4) is 0 Å². The molecule has 0 fully saturated rings. The van der Waals surface area contributed by atoms with E-state index in [2.05, 4.69) is 23.8 Å². The lowest BCUT2D eigenvalue weighted by Crippen LogP contribution is -2.14. The number of hydrogen-bond donors (Lipinski definition) is 2. The van der Waals surface area contributed by atoms with Crippen LogP contribution >= 0.6 is 0 Å². The molecule has 0 radical (unpaired) electrons. The zero-order chi connectivity index (χ0) is 12.8. The summed E-state index contributed by atoms with van der Waals surface area (Å²) in [5.74, 6) is -0.493. The predicted octanol–water partition coefficient (Wildman–Crippen LogP) is 2.64. The van der Waals surface area contributed by atoms with E-state index in [0.29, 0.717) is 5.69 Å². The maximum absolute atomic E-state index is 11.1. The first kappa shape index (κ1) is 13.2. The Balaban J connectivity index is 0.000000437. The lowest BCUT2D eigenvalue weighted by molar-refractivity contribution is 0.0997. The van der Waals surface area contributed by atoms with Gasteiger partial charge in [-0.3, -0.25) is 4.79 Å². The third-order valence-corrected chi connectivity index (χ3v) is 2.19. The predicted molar refractivity (Wildman–Crippen MR) is 70.0 cm³/mol. The Kier molecular flexibility index (Phi) is 4.69. The van der Waals surface area contributed by atoms with Crippen molar-refractivity contribution in [1.82, 2.24) is 9.97 Å². The fraction of sp³-hybridized carbons (Fsp3) is 0.385. The highest BCUT2D eigenvalue weighted by Crippen LogP contribution is 2.16. The third-order valence-electron chi connectivity index (χ3n) is 2.19. The zero-order valence-electron chi connectivity index (χ0n) is 10.6. The number of hydrogen-bond acceptors (Lipinski definition) is 2. The quantitative estimate of drug-likeness (QED) is 0.837. The van der Waals surface area contributed by atoms with E-state index in [1.165, 1.54) is 6.42 Å². The van der Waals surface area contributed by atoms with Crippen LogP contribution in [0.25, 0.3) is 10.9 Å². The first-order valence-electron chi connectivity index (χ1n) is 5.90. The maximum atomic E-state index is 11.1. The molecule has 0 bridgehead atoms. The summed E-state index contributed by atoms with van der Waals surface area (Å²) < 4.78 is 0. The fourth-order valence-corrected chi connectivity index (χ4v) is 1.48. The van der Waals surface area contributed by atoms with Crippen LogP contribution in [-0.4, -0.2) is 15.9 Å². The van der Waals surface area contributed by atoms with Gasteiger partial charge in [0.2, 0.25) is 0 Å². The summed E-state index contributed by atoms with van der Waals surface area (Å²) in [6.45, 7) is 6.24. The van der Waals surface area contributed by atoms with E-state index in [1.54, 1.807) is 6.20 Å². The molecule has 1 amide bonds. The topological polar surface area (TPSA) is 71.8 Å². The molecular formula is C13H19N3O. The summed E-state index contributed by atoms with van der Waals surface area (Å²) in [7, 11) is 0. The van der Waals surface area contributed by atoms with Crippen LogP contribution in [-0.2, 0) is 6.42 Å². The van der Waals surface area contributed by atoms with Crippen molar-refractivity contribution in [3.8, 4) is 0 Å². The average Bonchev–Trinajstić information content (AvgIpc) is 2.76. The molecule has 2 heterocycles. The smallest absolute Gasteiger partial charge is 0.269 e. The second-order valence-corrected chi connectivity index (χ2v) is 3.83. The lowest BCUT2D eigenvalue weighted by atomic mass is 10.2. The number of rotatable bonds is 2. The molecule has 0 aromatic carbocycles. The van der Waals surface area contributed by atoms with E-state index in [4.69, 9.17) is 5.73 Å². The van der Waals surface area contributed by atoms with Crippen molar-refractivity contribution in [3.63, 3.8) is 0 Å². The van der Waals surface area contributed by atoms with E-state index in [9.17, 15) is 4.79 Å². The molecule has 2 aromatic rings. The van der Waals surface area contributed by atoms with E-state index >= 15 is 0 Å². The number of aromatic amines is 1. The van der Waals surface area contributed by atoms with Gasteiger partial charge >= 0.3 is 0 Å². The summed E-state index contributed by atoms with van der Waals surface area (Å²) in [5, 5.41) is 0.977. The average molecular weight is 233 g/mol. The number of amides is 1. The van der Waals surface area contributed by atoms with Gasteiger partial charge in [0.05, 0.1) is 5.52 Å². The van der Waals surface area contributed by atoms with E-state index < -0.39 is 5.91 Å². The standard InChI is InChI=1S/C10H11N3O.C3H8/c1-2-7-5-6-3-4-12-8(6)9(13-7)10(11)14;1-3-2/h3-5,12H,2H2,1H3,(H2,11,14);3H2,1-2H3. The summed E-state index contributed by atoms with van der Waals surface area (Å²) in [4.78, 5) is 18.3. The number of primary amides is 1. The number of pyridine rings is 1. The molecule has 0 saturated heterocycles. The molecule has 0 saturated carbocycles. The molecule has 0 aliphatic carbocycles. The van der Waals surface area contributed by atoms with E-state index in [-0.39, 0.29) is 0 Å². The summed E-state index contributed by atoms with van der Waals surface area (Å²) in [6.07, 6.45) is 3.82. The molecule has 3 N–H and O–H groups in total. The van der Waals surface area contributed by atoms with Crippen LogP contribution in [0.4, 0.5) is 0 Å². The van der Waals surface area contributed by atoms with Gasteiger partial charge in [-0.15, -0.1) is 0 Å². The fourth-order valence-electron chi connectivity index (χ4n) is 1.48. The van der Waals surface area contributed by atoms with Crippen molar-refractivity contribution < 1.29 is 4.79 Å². The molecule has 17 heavy (non-hydrogen) atoms. The summed E-state index contributed by atoms with van der Waals surface area (Å²) >= 11 is 0. The van der Waals surface area contributed by atoms with E-state index in [1.807, 2.05) is 19.1 Å². The first-order chi connectivity index (χ1) is 8.13. The SMILES string of the molecule is CCC.CCc1cc2cc[nH]c2c(C(N)=O)n1. The molecule has 0 aliphatic rings.